The van der Waals surface area contributed by atoms with E-state index < -0.39 is 0 Å². The largest absolute Gasteiger partial charge is 0.495 e. The number of rotatable bonds is 4. The van der Waals surface area contributed by atoms with Gasteiger partial charge in [0.25, 0.3) is 0 Å². The van der Waals surface area contributed by atoms with E-state index in [9.17, 15) is 9.59 Å². The molecule has 2 amide bonds. The summed E-state index contributed by atoms with van der Waals surface area (Å²) in [5, 5.41) is 8.66. The molecule has 1 heterocycles. The molecule has 0 aromatic heterocycles. The fourth-order valence-electron chi connectivity index (χ4n) is 2.21. The number of nitrogens with one attached hydrogen (secondary N) is 3. The third-order valence-electron chi connectivity index (χ3n) is 3.15. The van der Waals surface area contributed by atoms with Crippen molar-refractivity contribution >= 4 is 23.2 Å². The van der Waals surface area contributed by atoms with E-state index in [0.29, 0.717) is 17.1 Å². The zero-order valence-corrected chi connectivity index (χ0v) is 11.7. The van der Waals surface area contributed by atoms with E-state index in [0.717, 1.165) is 19.4 Å². The lowest BCUT2D eigenvalue weighted by Crippen LogP contribution is -2.35. The minimum atomic E-state index is -0.191. The van der Waals surface area contributed by atoms with Gasteiger partial charge in [0, 0.05) is 12.6 Å². The second kappa shape index (κ2) is 6.38. The summed E-state index contributed by atoms with van der Waals surface area (Å²) in [7, 11) is 1.53. The highest BCUT2D eigenvalue weighted by Gasteiger charge is 2.22. The van der Waals surface area contributed by atoms with Crippen LogP contribution in [-0.4, -0.2) is 31.5 Å². The van der Waals surface area contributed by atoms with Crippen LogP contribution in [0.15, 0.2) is 18.2 Å². The smallest absolute Gasteiger partial charge is 0.241 e. The maximum Gasteiger partial charge on any atom is 0.241 e. The van der Waals surface area contributed by atoms with Gasteiger partial charge in [-0.3, -0.25) is 9.59 Å². The highest BCUT2D eigenvalue weighted by molar-refractivity contribution is 5.97. The Balaban J connectivity index is 2.11. The molecule has 1 aromatic rings. The van der Waals surface area contributed by atoms with E-state index in [1.54, 1.807) is 18.2 Å². The van der Waals surface area contributed by atoms with Crippen molar-refractivity contribution in [3.05, 3.63) is 18.2 Å². The predicted molar refractivity (Wildman–Crippen MR) is 77.0 cm³/mol. The molecule has 1 aromatic carbocycles. The summed E-state index contributed by atoms with van der Waals surface area (Å²) >= 11 is 0. The van der Waals surface area contributed by atoms with Crippen molar-refractivity contribution in [2.45, 2.75) is 25.8 Å². The zero-order chi connectivity index (χ0) is 14.5. The van der Waals surface area contributed by atoms with Gasteiger partial charge in [-0.1, -0.05) is 0 Å². The van der Waals surface area contributed by atoms with Gasteiger partial charge in [0.1, 0.15) is 5.75 Å². The minimum Gasteiger partial charge on any atom is -0.495 e. The zero-order valence-electron chi connectivity index (χ0n) is 11.7. The molecule has 0 spiro atoms. The summed E-state index contributed by atoms with van der Waals surface area (Å²) in [5.41, 5.74) is 1.17. The molecular formula is C14H19N3O3. The van der Waals surface area contributed by atoms with Crippen LogP contribution in [0.4, 0.5) is 11.4 Å². The molecule has 1 atom stereocenters. The van der Waals surface area contributed by atoms with Crippen molar-refractivity contribution in [2.24, 2.45) is 0 Å². The molecule has 0 radical (unpaired) electrons. The standard InChI is InChI=1S/C14H19N3O3/c1-9(18)16-12-8-10(5-6-13(12)20-2)17-14(19)11-4-3-7-15-11/h5-6,8,11,15H,3-4,7H2,1-2H3,(H,16,18)(H,17,19). The van der Waals surface area contributed by atoms with Crippen molar-refractivity contribution in [1.82, 2.24) is 5.32 Å². The summed E-state index contributed by atoms with van der Waals surface area (Å²) in [5.74, 6) is 0.308. The van der Waals surface area contributed by atoms with Gasteiger partial charge in [0.15, 0.2) is 0 Å². The summed E-state index contributed by atoms with van der Waals surface area (Å²) < 4.78 is 5.17. The maximum absolute atomic E-state index is 12.0. The Bertz CT molecular complexity index is 510. The average Bonchev–Trinajstić information content (AvgIpc) is 2.92. The lowest BCUT2D eigenvalue weighted by molar-refractivity contribution is -0.117. The normalized spacial score (nSPS) is 17.6. The van der Waals surface area contributed by atoms with Crippen molar-refractivity contribution < 1.29 is 14.3 Å². The number of benzene rings is 1. The van der Waals surface area contributed by atoms with Crippen molar-refractivity contribution in [3.63, 3.8) is 0 Å². The van der Waals surface area contributed by atoms with Crippen LogP contribution in [0.1, 0.15) is 19.8 Å². The van der Waals surface area contributed by atoms with Gasteiger partial charge in [-0.25, -0.2) is 0 Å². The molecule has 2 rings (SSSR count). The van der Waals surface area contributed by atoms with Gasteiger partial charge in [-0.05, 0) is 37.6 Å². The monoisotopic (exact) mass is 277 g/mol. The average molecular weight is 277 g/mol. The fourth-order valence-corrected chi connectivity index (χ4v) is 2.21. The highest BCUT2D eigenvalue weighted by atomic mass is 16.5. The molecule has 1 aliphatic heterocycles. The summed E-state index contributed by atoms with van der Waals surface area (Å²) in [6.07, 6.45) is 1.86. The molecule has 6 heteroatoms. The topological polar surface area (TPSA) is 79.5 Å². The Labute approximate surface area is 117 Å². The van der Waals surface area contributed by atoms with Crippen LogP contribution < -0.4 is 20.7 Å². The number of amides is 2. The van der Waals surface area contributed by atoms with Crippen LogP contribution >= 0.6 is 0 Å². The van der Waals surface area contributed by atoms with Gasteiger partial charge >= 0.3 is 0 Å². The van der Waals surface area contributed by atoms with Crippen molar-refractivity contribution in [1.29, 1.82) is 0 Å². The summed E-state index contributed by atoms with van der Waals surface area (Å²) in [6, 6.07) is 5.01. The highest BCUT2D eigenvalue weighted by Crippen LogP contribution is 2.28. The SMILES string of the molecule is COc1ccc(NC(=O)C2CCCN2)cc1NC(C)=O. The van der Waals surface area contributed by atoms with Crippen LogP contribution in [0.5, 0.6) is 5.75 Å². The third kappa shape index (κ3) is 3.48. The van der Waals surface area contributed by atoms with Crippen LogP contribution in [-0.2, 0) is 9.59 Å². The summed E-state index contributed by atoms with van der Waals surface area (Å²) in [4.78, 5) is 23.2. The first-order chi connectivity index (χ1) is 9.60. The molecule has 3 N–H and O–H groups in total. The first-order valence-electron chi connectivity index (χ1n) is 6.60. The molecule has 20 heavy (non-hydrogen) atoms. The molecule has 108 valence electrons. The first kappa shape index (κ1) is 14.3. The fraction of sp³-hybridized carbons (Fsp3) is 0.429. The number of carbonyl (C=O) groups excluding carboxylic acids is 2. The third-order valence-corrected chi connectivity index (χ3v) is 3.15. The molecule has 1 saturated heterocycles. The van der Waals surface area contributed by atoms with Crippen molar-refractivity contribution in [3.8, 4) is 5.75 Å². The Hall–Kier alpha value is -2.08. The minimum absolute atomic E-state index is 0.0542. The van der Waals surface area contributed by atoms with Crippen LogP contribution in [0.3, 0.4) is 0 Å². The van der Waals surface area contributed by atoms with E-state index in [2.05, 4.69) is 16.0 Å². The van der Waals surface area contributed by atoms with E-state index >= 15 is 0 Å². The van der Waals surface area contributed by atoms with Crippen LogP contribution in [0.2, 0.25) is 0 Å². The van der Waals surface area contributed by atoms with E-state index in [1.807, 2.05) is 0 Å². The Kier molecular flexibility index (Phi) is 4.57. The van der Waals surface area contributed by atoms with Gasteiger partial charge < -0.3 is 20.7 Å². The molecule has 0 saturated carbocycles. The van der Waals surface area contributed by atoms with Crippen molar-refractivity contribution in [2.75, 3.05) is 24.3 Å². The van der Waals surface area contributed by atoms with Gasteiger partial charge in [0.05, 0.1) is 18.8 Å². The van der Waals surface area contributed by atoms with Crippen LogP contribution in [0, 0.1) is 0 Å². The Morgan fingerprint density at radius 3 is 2.75 bits per heavy atom. The van der Waals surface area contributed by atoms with E-state index in [1.165, 1.54) is 14.0 Å². The number of methoxy groups -OCH3 is 1. The first-order valence-corrected chi connectivity index (χ1v) is 6.60. The number of carbonyl (C=O) groups is 2. The second-order valence-electron chi connectivity index (χ2n) is 4.73. The van der Waals surface area contributed by atoms with E-state index in [-0.39, 0.29) is 17.9 Å². The molecule has 1 unspecified atom stereocenters. The van der Waals surface area contributed by atoms with Gasteiger partial charge in [-0.2, -0.15) is 0 Å². The summed E-state index contributed by atoms with van der Waals surface area (Å²) in [6.45, 7) is 2.30. The number of anilines is 2. The number of ether oxygens (including phenoxy) is 1. The molecule has 0 aliphatic carbocycles. The van der Waals surface area contributed by atoms with Crippen LogP contribution in [0.25, 0.3) is 0 Å². The Morgan fingerprint density at radius 1 is 1.35 bits per heavy atom. The predicted octanol–water partition coefficient (Wildman–Crippen LogP) is 1.34. The molecule has 1 fully saturated rings. The number of hydrogen-bond donors (Lipinski definition) is 3. The molecule has 6 nitrogen and oxygen atoms in total. The molecule has 1 aliphatic rings. The lowest BCUT2D eigenvalue weighted by Gasteiger charge is -2.14. The number of hydrogen-bond acceptors (Lipinski definition) is 4. The lowest BCUT2D eigenvalue weighted by atomic mass is 10.2. The molecular weight excluding hydrogens is 258 g/mol. The second-order valence-corrected chi connectivity index (χ2v) is 4.73. The van der Waals surface area contributed by atoms with E-state index in [4.69, 9.17) is 4.74 Å². The molecule has 0 bridgehead atoms. The quantitative estimate of drug-likeness (QED) is 0.776. The Morgan fingerprint density at radius 2 is 2.15 bits per heavy atom. The van der Waals surface area contributed by atoms with Gasteiger partial charge in [0.2, 0.25) is 11.8 Å². The van der Waals surface area contributed by atoms with Gasteiger partial charge in [-0.15, -0.1) is 0 Å². The maximum atomic E-state index is 12.0.